The molecule has 2 rings (SSSR count). The Morgan fingerprint density at radius 2 is 2.35 bits per heavy atom. The van der Waals surface area contributed by atoms with E-state index in [1.165, 1.54) is 0 Å². The molecule has 1 N–H and O–H groups in total. The van der Waals surface area contributed by atoms with E-state index < -0.39 is 0 Å². The van der Waals surface area contributed by atoms with Gasteiger partial charge in [0.25, 0.3) is 5.69 Å². The van der Waals surface area contributed by atoms with E-state index >= 15 is 0 Å². The lowest BCUT2D eigenvalue weighted by Crippen LogP contribution is -2.36. The number of hydrogen-bond donors (Lipinski definition) is 1. The highest BCUT2D eigenvalue weighted by Gasteiger charge is 2.22. The van der Waals surface area contributed by atoms with Gasteiger partial charge in [0, 0.05) is 25.2 Å². The van der Waals surface area contributed by atoms with Crippen LogP contribution >= 0.6 is 15.9 Å². The van der Waals surface area contributed by atoms with Gasteiger partial charge in [0.15, 0.2) is 0 Å². The van der Waals surface area contributed by atoms with Crippen LogP contribution < -0.4 is 5.32 Å². The second-order valence-corrected chi connectivity index (χ2v) is 6.01. The molecule has 110 valence electrons. The smallest absolute Gasteiger partial charge is 0.283 e. The summed E-state index contributed by atoms with van der Waals surface area (Å²) < 4.78 is 0.538. The minimum atomic E-state index is -0.338. The highest BCUT2D eigenvalue weighted by molar-refractivity contribution is 9.10. The lowest BCUT2D eigenvalue weighted by molar-refractivity contribution is -0.385. The summed E-state index contributed by atoms with van der Waals surface area (Å²) in [4.78, 5) is 13.1. The van der Waals surface area contributed by atoms with Crippen molar-refractivity contribution in [2.75, 3.05) is 19.6 Å². The molecule has 0 aromatic heterocycles. The van der Waals surface area contributed by atoms with E-state index in [-0.39, 0.29) is 10.6 Å². The average Bonchev–Trinajstić information content (AvgIpc) is 2.94. The van der Waals surface area contributed by atoms with Crippen LogP contribution in [-0.4, -0.2) is 35.5 Å². The van der Waals surface area contributed by atoms with Gasteiger partial charge >= 0.3 is 0 Å². The summed E-state index contributed by atoms with van der Waals surface area (Å²) in [5, 5.41) is 14.4. The molecular weight excluding hydrogens is 322 g/mol. The summed E-state index contributed by atoms with van der Waals surface area (Å²) in [6, 6.07) is 5.94. The molecule has 1 atom stereocenters. The summed E-state index contributed by atoms with van der Waals surface area (Å²) >= 11 is 3.23. The van der Waals surface area contributed by atoms with Crippen molar-refractivity contribution in [3.63, 3.8) is 0 Å². The van der Waals surface area contributed by atoms with Gasteiger partial charge in [0.1, 0.15) is 0 Å². The minimum Gasteiger partial charge on any atom is -0.315 e. The van der Waals surface area contributed by atoms with Gasteiger partial charge in [-0.05, 0) is 53.5 Å². The molecule has 0 saturated carbocycles. The van der Waals surface area contributed by atoms with Crippen LogP contribution in [0, 0.1) is 10.1 Å². The SMILES string of the molecule is CCCN(Cc1ccc(Br)c([N+](=O)[O-])c1)C1CCNC1. The van der Waals surface area contributed by atoms with Crippen molar-refractivity contribution in [2.45, 2.75) is 32.4 Å². The van der Waals surface area contributed by atoms with Crippen molar-refractivity contribution < 1.29 is 4.92 Å². The summed E-state index contributed by atoms with van der Waals surface area (Å²) in [7, 11) is 0. The first-order valence-electron chi connectivity index (χ1n) is 6.99. The number of hydrogen-bond acceptors (Lipinski definition) is 4. The highest BCUT2D eigenvalue weighted by atomic mass is 79.9. The maximum atomic E-state index is 11.0. The van der Waals surface area contributed by atoms with Gasteiger partial charge in [-0.1, -0.05) is 13.0 Å². The Labute approximate surface area is 127 Å². The second-order valence-electron chi connectivity index (χ2n) is 5.16. The molecule has 1 aliphatic rings. The van der Waals surface area contributed by atoms with Crippen LogP contribution in [0.25, 0.3) is 0 Å². The zero-order valence-electron chi connectivity index (χ0n) is 11.6. The Bertz CT molecular complexity index is 475. The number of nitro groups is 1. The molecule has 1 heterocycles. The Balaban J connectivity index is 2.13. The average molecular weight is 342 g/mol. The third-order valence-corrected chi connectivity index (χ3v) is 4.32. The molecule has 20 heavy (non-hydrogen) atoms. The fourth-order valence-electron chi connectivity index (χ4n) is 2.66. The van der Waals surface area contributed by atoms with Crippen molar-refractivity contribution >= 4 is 21.6 Å². The highest BCUT2D eigenvalue weighted by Crippen LogP contribution is 2.26. The topological polar surface area (TPSA) is 58.4 Å². The first-order chi connectivity index (χ1) is 9.61. The third-order valence-electron chi connectivity index (χ3n) is 3.65. The van der Waals surface area contributed by atoms with Crippen LogP contribution in [0.15, 0.2) is 22.7 Å². The van der Waals surface area contributed by atoms with E-state index in [1.807, 2.05) is 6.07 Å². The number of nitrogens with zero attached hydrogens (tertiary/aromatic N) is 2. The van der Waals surface area contributed by atoms with Crippen molar-refractivity contribution in [1.29, 1.82) is 0 Å². The molecular formula is C14H20BrN3O2. The standard InChI is InChI=1S/C14H20BrN3O2/c1-2-7-17(12-5-6-16-9-12)10-11-3-4-13(15)14(8-11)18(19)20/h3-4,8,12,16H,2,5-7,9-10H2,1H3. The Morgan fingerprint density at radius 1 is 1.55 bits per heavy atom. The molecule has 0 radical (unpaired) electrons. The van der Waals surface area contributed by atoms with Gasteiger partial charge in [-0.2, -0.15) is 0 Å². The number of nitrogens with one attached hydrogen (secondary N) is 1. The molecule has 0 bridgehead atoms. The molecule has 1 fully saturated rings. The van der Waals surface area contributed by atoms with E-state index in [0.29, 0.717) is 10.5 Å². The monoisotopic (exact) mass is 341 g/mol. The molecule has 1 aromatic carbocycles. The fraction of sp³-hybridized carbons (Fsp3) is 0.571. The van der Waals surface area contributed by atoms with Crippen molar-refractivity contribution in [1.82, 2.24) is 10.2 Å². The Morgan fingerprint density at radius 3 is 2.95 bits per heavy atom. The van der Waals surface area contributed by atoms with E-state index in [2.05, 4.69) is 33.1 Å². The predicted molar refractivity (Wildman–Crippen MR) is 82.8 cm³/mol. The first-order valence-corrected chi connectivity index (χ1v) is 7.78. The molecule has 0 aliphatic carbocycles. The van der Waals surface area contributed by atoms with Gasteiger partial charge in [0.2, 0.25) is 0 Å². The summed E-state index contributed by atoms with van der Waals surface area (Å²) in [6.07, 6.45) is 2.24. The Hall–Kier alpha value is -0.980. The van der Waals surface area contributed by atoms with Crippen molar-refractivity contribution in [2.24, 2.45) is 0 Å². The number of benzene rings is 1. The molecule has 1 unspecified atom stereocenters. The fourth-order valence-corrected chi connectivity index (χ4v) is 3.05. The molecule has 0 amide bonds. The van der Waals surface area contributed by atoms with Gasteiger partial charge in [-0.3, -0.25) is 15.0 Å². The number of rotatable bonds is 6. The Kier molecular flexibility index (Phi) is 5.51. The number of halogens is 1. The maximum absolute atomic E-state index is 11.0. The molecule has 5 nitrogen and oxygen atoms in total. The second kappa shape index (κ2) is 7.15. The molecule has 1 saturated heterocycles. The van der Waals surface area contributed by atoms with E-state index in [4.69, 9.17) is 0 Å². The minimum absolute atomic E-state index is 0.142. The maximum Gasteiger partial charge on any atom is 0.283 e. The van der Waals surface area contributed by atoms with Gasteiger partial charge in [-0.25, -0.2) is 0 Å². The molecule has 0 spiro atoms. The van der Waals surface area contributed by atoms with Crippen LogP contribution in [0.5, 0.6) is 0 Å². The normalized spacial score (nSPS) is 18.6. The van der Waals surface area contributed by atoms with Gasteiger partial charge in [0.05, 0.1) is 9.40 Å². The predicted octanol–water partition coefficient (Wildman–Crippen LogP) is 2.93. The summed E-state index contributed by atoms with van der Waals surface area (Å²) in [5.41, 5.74) is 1.14. The molecule has 1 aromatic rings. The molecule has 1 aliphatic heterocycles. The largest absolute Gasteiger partial charge is 0.315 e. The van der Waals surface area contributed by atoms with Crippen LogP contribution in [0.4, 0.5) is 5.69 Å². The van der Waals surface area contributed by atoms with E-state index in [9.17, 15) is 10.1 Å². The van der Waals surface area contributed by atoms with Crippen LogP contribution in [-0.2, 0) is 6.54 Å². The third kappa shape index (κ3) is 3.77. The lowest BCUT2D eigenvalue weighted by Gasteiger charge is -2.28. The summed E-state index contributed by atoms with van der Waals surface area (Å²) in [5.74, 6) is 0. The van der Waals surface area contributed by atoms with Crippen molar-refractivity contribution in [3.8, 4) is 0 Å². The lowest BCUT2D eigenvalue weighted by atomic mass is 10.1. The van der Waals surface area contributed by atoms with Gasteiger partial charge in [-0.15, -0.1) is 0 Å². The number of nitro benzene ring substituents is 1. The zero-order valence-corrected chi connectivity index (χ0v) is 13.2. The van der Waals surface area contributed by atoms with Crippen LogP contribution in [0.2, 0.25) is 0 Å². The van der Waals surface area contributed by atoms with E-state index in [0.717, 1.165) is 44.6 Å². The summed E-state index contributed by atoms with van der Waals surface area (Å²) in [6.45, 7) is 6.04. The quantitative estimate of drug-likeness (QED) is 0.638. The van der Waals surface area contributed by atoms with Crippen molar-refractivity contribution in [3.05, 3.63) is 38.3 Å². The molecule has 6 heteroatoms. The zero-order chi connectivity index (χ0) is 14.5. The van der Waals surface area contributed by atoms with Crippen LogP contribution in [0.3, 0.4) is 0 Å². The first kappa shape index (κ1) is 15.4. The van der Waals surface area contributed by atoms with E-state index in [1.54, 1.807) is 12.1 Å². The van der Waals surface area contributed by atoms with Crippen LogP contribution in [0.1, 0.15) is 25.3 Å². The van der Waals surface area contributed by atoms with Gasteiger partial charge < -0.3 is 5.32 Å².